The number of rotatable bonds is 8. The van der Waals surface area contributed by atoms with E-state index in [-0.39, 0.29) is 30.0 Å². The number of amides is 2. The molecule has 0 saturated heterocycles. The summed E-state index contributed by atoms with van der Waals surface area (Å²) in [5.41, 5.74) is 7.35. The van der Waals surface area contributed by atoms with Crippen molar-refractivity contribution in [3.05, 3.63) is 54.1 Å². The Morgan fingerprint density at radius 3 is 2.14 bits per heavy atom. The maximum absolute atomic E-state index is 12.8. The summed E-state index contributed by atoms with van der Waals surface area (Å²) >= 11 is 1.48. The van der Waals surface area contributed by atoms with Crippen molar-refractivity contribution in [1.82, 2.24) is 0 Å². The van der Waals surface area contributed by atoms with E-state index in [4.69, 9.17) is 10.5 Å². The van der Waals surface area contributed by atoms with Crippen LogP contribution in [0.1, 0.15) is 32.8 Å². The summed E-state index contributed by atoms with van der Waals surface area (Å²) < 4.78 is 5.16. The maximum Gasteiger partial charge on any atom is 0.237 e. The lowest BCUT2D eigenvalue weighted by atomic mass is 9.87. The molecule has 5 nitrogen and oxygen atoms in total. The Morgan fingerprint density at radius 1 is 1.04 bits per heavy atom. The molecule has 2 amide bonds. The molecule has 2 aromatic rings. The second-order valence-corrected chi connectivity index (χ2v) is 8.57. The largest absolute Gasteiger partial charge is 0.497 e. The predicted octanol–water partition coefficient (Wildman–Crippen LogP) is 3.99. The summed E-state index contributed by atoms with van der Waals surface area (Å²) in [6.07, 6.45) is 0.114. The first-order valence-corrected chi connectivity index (χ1v) is 10.2. The van der Waals surface area contributed by atoms with E-state index in [1.807, 2.05) is 12.1 Å². The second kappa shape index (κ2) is 9.64. The van der Waals surface area contributed by atoms with Gasteiger partial charge in [-0.2, -0.15) is 0 Å². The van der Waals surface area contributed by atoms with Crippen molar-refractivity contribution in [2.24, 2.45) is 5.73 Å². The Morgan fingerprint density at radius 2 is 1.64 bits per heavy atom. The SMILES string of the molecule is COc1ccc(N(CCC(N)=O)C(=O)CSc2ccc(C(C)(C)C)cc2)cc1. The normalized spacial score (nSPS) is 11.1. The number of methoxy groups -OCH3 is 1. The van der Waals surface area contributed by atoms with E-state index in [1.54, 1.807) is 36.3 Å². The molecule has 0 aliphatic heterocycles. The monoisotopic (exact) mass is 400 g/mol. The zero-order valence-electron chi connectivity index (χ0n) is 16.9. The van der Waals surface area contributed by atoms with Crippen molar-refractivity contribution in [1.29, 1.82) is 0 Å². The van der Waals surface area contributed by atoms with Gasteiger partial charge in [-0.05, 0) is 47.4 Å². The van der Waals surface area contributed by atoms with Gasteiger partial charge >= 0.3 is 0 Å². The van der Waals surface area contributed by atoms with E-state index < -0.39 is 5.91 Å². The van der Waals surface area contributed by atoms with Gasteiger partial charge in [0.15, 0.2) is 0 Å². The van der Waals surface area contributed by atoms with Gasteiger partial charge in [-0.15, -0.1) is 11.8 Å². The molecule has 0 aromatic heterocycles. The summed E-state index contributed by atoms with van der Waals surface area (Å²) in [5.74, 6) is 0.479. The minimum atomic E-state index is -0.434. The molecule has 0 spiro atoms. The zero-order valence-corrected chi connectivity index (χ0v) is 17.7. The lowest BCUT2D eigenvalue weighted by Gasteiger charge is -2.23. The molecule has 0 atom stereocenters. The number of nitrogens with two attached hydrogens (primary N) is 1. The van der Waals surface area contributed by atoms with Gasteiger partial charge in [0.1, 0.15) is 5.75 Å². The van der Waals surface area contributed by atoms with Gasteiger partial charge in [0, 0.05) is 23.5 Å². The molecular formula is C22H28N2O3S. The average molecular weight is 401 g/mol. The Bertz CT molecular complexity index is 796. The molecule has 28 heavy (non-hydrogen) atoms. The van der Waals surface area contributed by atoms with E-state index in [1.165, 1.54) is 17.3 Å². The fourth-order valence-corrected chi connectivity index (χ4v) is 3.43. The molecule has 0 fully saturated rings. The Hall–Kier alpha value is -2.47. The first-order valence-electron chi connectivity index (χ1n) is 9.17. The van der Waals surface area contributed by atoms with Crippen LogP contribution in [0.2, 0.25) is 0 Å². The first kappa shape index (κ1) is 21.8. The average Bonchev–Trinajstić information content (AvgIpc) is 2.66. The van der Waals surface area contributed by atoms with Crippen molar-refractivity contribution >= 4 is 29.3 Å². The summed E-state index contributed by atoms with van der Waals surface area (Å²) in [7, 11) is 1.59. The minimum absolute atomic E-state index is 0.0729. The van der Waals surface area contributed by atoms with Gasteiger partial charge in [-0.3, -0.25) is 9.59 Å². The fourth-order valence-electron chi connectivity index (χ4n) is 2.66. The number of thioether (sulfide) groups is 1. The van der Waals surface area contributed by atoms with Gasteiger partial charge in [-0.25, -0.2) is 0 Å². The van der Waals surface area contributed by atoms with Crippen molar-refractivity contribution in [3.63, 3.8) is 0 Å². The molecule has 0 bridgehead atoms. The molecule has 0 aliphatic rings. The molecule has 150 valence electrons. The summed E-state index contributed by atoms with van der Waals surface area (Å²) in [4.78, 5) is 26.7. The number of nitrogens with zero attached hydrogens (tertiary/aromatic N) is 1. The predicted molar refractivity (Wildman–Crippen MR) is 115 cm³/mol. The standard InChI is InChI=1S/C22H28N2O3S/c1-22(2,3)16-5-11-19(12-6-16)28-15-21(26)24(14-13-20(23)25)17-7-9-18(27-4)10-8-17/h5-12H,13-15H2,1-4H3,(H2,23,25). The number of hydrogen-bond donors (Lipinski definition) is 1. The van der Waals surface area contributed by atoms with Crippen LogP contribution in [0.4, 0.5) is 5.69 Å². The number of primary amides is 1. The number of ether oxygens (including phenoxy) is 1. The topological polar surface area (TPSA) is 72.6 Å². The minimum Gasteiger partial charge on any atom is -0.497 e. The number of carbonyl (C=O) groups is 2. The van der Waals surface area contributed by atoms with Crippen LogP contribution in [0.15, 0.2) is 53.4 Å². The fraction of sp³-hybridized carbons (Fsp3) is 0.364. The third-order valence-corrected chi connectivity index (χ3v) is 5.35. The van der Waals surface area contributed by atoms with Crippen LogP contribution in [0.5, 0.6) is 5.75 Å². The molecule has 0 radical (unpaired) electrons. The quantitative estimate of drug-likeness (QED) is 0.680. The molecule has 0 heterocycles. The van der Waals surface area contributed by atoms with E-state index in [9.17, 15) is 9.59 Å². The maximum atomic E-state index is 12.8. The molecule has 6 heteroatoms. The number of hydrogen-bond acceptors (Lipinski definition) is 4. The lowest BCUT2D eigenvalue weighted by Crippen LogP contribution is -2.35. The smallest absolute Gasteiger partial charge is 0.237 e. The highest BCUT2D eigenvalue weighted by molar-refractivity contribution is 8.00. The van der Waals surface area contributed by atoms with Crippen molar-refractivity contribution in [2.75, 3.05) is 24.3 Å². The summed E-state index contributed by atoms with van der Waals surface area (Å²) in [6.45, 7) is 6.77. The molecule has 0 aliphatic carbocycles. The highest BCUT2D eigenvalue weighted by Crippen LogP contribution is 2.27. The van der Waals surface area contributed by atoms with E-state index in [2.05, 4.69) is 32.9 Å². The number of benzene rings is 2. The second-order valence-electron chi connectivity index (χ2n) is 7.52. The molecule has 2 aromatic carbocycles. The third kappa shape index (κ3) is 6.30. The van der Waals surface area contributed by atoms with Crippen molar-refractivity contribution in [2.45, 2.75) is 37.5 Å². The summed E-state index contributed by atoms with van der Waals surface area (Å²) in [6, 6.07) is 15.5. The van der Waals surface area contributed by atoms with Crippen LogP contribution >= 0.6 is 11.8 Å². The molecular weight excluding hydrogens is 372 g/mol. The van der Waals surface area contributed by atoms with Crippen LogP contribution in [-0.2, 0) is 15.0 Å². The van der Waals surface area contributed by atoms with Crippen LogP contribution in [0, 0.1) is 0 Å². The van der Waals surface area contributed by atoms with Gasteiger partial charge in [0.05, 0.1) is 12.9 Å². The van der Waals surface area contributed by atoms with Crippen LogP contribution < -0.4 is 15.4 Å². The Labute approximate surface area is 171 Å². The highest BCUT2D eigenvalue weighted by Gasteiger charge is 2.18. The van der Waals surface area contributed by atoms with Gasteiger partial charge in [-0.1, -0.05) is 32.9 Å². The molecule has 2 rings (SSSR count). The van der Waals surface area contributed by atoms with Crippen molar-refractivity contribution < 1.29 is 14.3 Å². The van der Waals surface area contributed by atoms with Crippen molar-refractivity contribution in [3.8, 4) is 5.75 Å². The zero-order chi connectivity index (χ0) is 20.7. The summed E-state index contributed by atoms with van der Waals surface area (Å²) in [5, 5.41) is 0. The number of anilines is 1. The van der Waals surface area contributed by atoms with Crippen LogP contribution in [0.25, 0.3) is 0 Å². The Kier molecular flexibility index (Phi) is 7.52. The lowest BCUT2D eigenvalue weighted by molar-refractivity contribution is -0.118. The van der Waals surface area contributed by atoms with E-state index >= 15 is 0 Å². The van der Waals surface area contributed by atoms with E-state index in [0.29, 0.717) is 5.75 Å². The van der Waals surface area contributed by atoms with Gasteiger partial charge < -0.3 is 15.4 Å². The molecule has 0 saturated carbocycles. The van der Waals surface area contributed by atoms with E-state index in [0.717, 1.165) is 10.6 Å². The Balaban J connectivity index is 2.07. The molecule has 2 N–H and O–H groups in total. The highest BCUT2D eigenvalue weighted by atomic mass is 32.2. The third-order valence-electron chi connectivity index (χ3n) is 4.35. The van der Waals surface area contributed by atoms with Gasteiger partial charge in [0.2, 0.25) is 11.8 Å². The first-order chi connectivity index (χ1) is 13.2. The van der Waals surface area contributed by atoms with Gasteiger partial charge in [0.25, 0.3) is 0 Å². The van der Waals surface area contributed by atoms with Crippen LogP contribution in [-0.4, -0.2) is 31.2 Å². The molecule has 0 unspecified atom stereocenters. The number of carbonyl (C=O) groups excluding carboxylic acids is 2. The van der Waals surface area contributed by atoms with Crippen LogP contribution in [0.3, 0.4) is 0 Å².